The van der Waals surface area contributed by atoms with Crippen LogP contribution in [0.3, 0.4) is 0 Å². The molecule has 8 nitrogen and oxygen atoms in total. The van der Waals surface area contributed by atoms with Gasteiger partial charge in [-0.15, -0.1) is 0 Å². The highest BCUT2D eigenvalue weighted by atomic mass is 16.6. The van der Waals surface area contributed by atoms with Crippen molar-refractivity contribution in [3.63, 3.8) is 0 Å². The molecule has 310 valence electrons. The Balaban J connectivity index is 0.995. The molecule has 1 saturated carbocycles. The molecular weight excluding hydrogens is 769 g/mol. The number of aromatic amines is 1. The first-order valence-electron chi connectivity index (χ1n) is 21.5. The van der Waals surface area contributed by atoms with Crippen LogP contribution in [0.5, 0.6) is 11.5 Å². The number of methoxy groups -OCH3 is 1. The Hall–Kier alpha value is -7.06. The summed E-state index contributed by atoms with van der Waals surface area (Å²) in [5.41, 5.74) is 15.8. The number of rotatable bonds is 16. The minimum Gasteiger partial charge on any atom is -0.497 e. The first-order valence-corrected chi connectivity index (χ1v) is 21.5. The molecule has 1 fully saturated rings. The molecule has 1 aromatic heterocycles. The molecule has 5 aromatic carbocycles. The van der Waals surface area contributed by atoms with Crippen LogP contribution in [0.25, 0.3) is 28.1 Å². The van der Waals surface area contributed by atoms with E-state index in [1.54, 1.807) is 7.11 Å². The number of imidazole rings is 1. The smallest absolute Gasteiger partial charge is 0.330 e. The number of hydrogen-bond acceptors (Lipinski definition) is 7. The Bertz CT molecular complexity index is 2690. The zero-order valence-corrected chi connectivity index (χ0v) is 35.5. The van der Waals surface area contributed by atoms with Crippen LogP contribution in [-0.2, 0) is 22.4 Å². The maximum absolute atomic E-state index is 11.4. The predicted molar refractivity (Wildman–Crippen MR) is 248 cm³/mol. The monoisotopic (exact) mass is 818 g/mol. The SMILES string of the molecule is C=CC(=O)OCCOc1ccc(C2=NC(c3cc(CC45CC4=CC(c4nc(-c6ccccc6)c(-c6ccccc6)[nH]4)=C(CC)C5)ccc3CC)N=C2c2ccc(OC)cc2)cc1. The van der Waals surface area contributed by atoms with Crippen LogP contribution < -0.4 is 9.47 Å². The molecule has 1 N–H and O–H groups in total. The summed E-state index contributed by atoms with van der Waals surface area (Å²) in [6, 6.07) is 43.8. The van der Waals surface area contributed by atoms with Gasteiger partial charge in [0.25, 0.3) is 0 Å². The average Bonchev–Trinajstić information content (AvgIpc) is 3.59. The molecule has 1 aliphatic heterocycles. The Kier molecular flexibility index (Phi) is 11.4. The zero-order chi connectivity index (χ0) is 42.6. The van der Waals surface area contributed by atoms with Gasteiger partial charge in [0.15, 0.2) is 6.17 Å². The fourth-order valence-electron chi connectivity index (χ4n) is 8.87. The van der Waals surface area contributed by atoms with Crippen molar-refractivity contribution in [2.75, 3.05) is 20.3 Å². The molecule has 0 amide bonds. The van der Waals surface area contributed by atoms with Gasteiger partial charge in [-0.25, -0.2) is 9.78 Å². The predicted octanol–water partition coefficient (Wildman–Crippen LogP) is 11.5. The molecule has 0 radical (unpaired) electrons. The summed E-state index contributed by atoms with van der Waals surface area (Å²) < 4.78 is 16.4. The van der Waals surface area contributed by atoms with E-state index in [2.05, 4.69) is 104 Å². The van der Waals surface area contributed by atoms with E-state index in [0.717, 1.165) is 100 Å². The standard InChI is InChI=1S/C54H50N4O4/c1-5-36-19-18-35(32-54-33-37(6-2)46(31-42(54)34-54)53-55-48(38-14-10-8-11-15-38)49(56-53)39-16-12-9-13-17-39)30-45(36)52-57-50(40-20-24-43(60-4)25-21-40)51(58-52)41-22-26-44(27-23-41)61-28-29-62-47(59)7-3/h7-27,30-31,52H,3,5-6,28-29,32-34H2,1-2,4H3,(H,55,56). The Morgan fingerprint density at radius 2 is 1.44 bits per heavy atom. The molecule has 8 heteroatoms. The van der Waals surface area contributed by atoms with Crippen LogP contribution in [0.1, 0.15) is 72.9 Å². The summed E-state index contributed by atoms with van der Waals surface area (Å²) in [6.07, 6.45) is 8.07. The third-order valence-corrected chi connectivity index (χ3v) is 12.2. The second kappa shape index (κ2) is 17.5. The van der Waals surface area contributed by atoms with E-state index in [9.17, 15) is 4.79 Å². The van der Waals surface area contributed by atoms with Gasteiger partial charge in [-0.2, -0.15) is 0 Å². The number of nitrogens with zero attached hydrogens (tertiary/aromatic N) is 3. The van der Waals surface area contributed by atoms with Crippen molar-refractivity contribution in [3.05, 3.63) is 191 Å². The summed E-state index contributed by atoms with van der Waals surface area (Å²) in [7, 11) is 1.67. The summed E-state index contributed by atoms with van der Waals surface area (Å²) >= 11 is 0. The van der Waals surface area contributed by atoms with E-state index >= 15 is 0 Å². The Morgan fingerprint density at radius 1 is 0.774 bits per heavy atom. The van der Waals surface area contributed by atoms with E-state index < -0.39 is 5.97 Å². The number of aryl methyl sites for hydroxylation is 1. The lowest BCUT2D eigenvalue weighted by Crippen LogP contribution is -2.14. The summed E-state index contributed by atoms with van der Waals surface area (Å²) in [5, 5.41) is 0. The number of carbonyl (C=O) groups is 1. The van der Waals surface area contributed by atoms with Crippen LogP contribution in [0.2, 0.25) is 0 Å². The summed E-state index contributed by atoms with van der Waals surface area (Å²) in [4.78, 5) is 31.2. The molecule has 2 aliphatic carbocycles. The zero-order valence-electron chi connectivity index (χ0n) is 35.5. The third kappa shape index (κ3) is 8.20. The molecule has 0 bridgehead atoms. The van der Waals surface area contributed by atoms with Gasteiger partial charge >= 0.3 is 5.97 Å². The molecule has 9 rings (SSSR count). The lowest BCUT2D eigenvalue weighted by molar-refractivity contribution is -0.138. The van der Waals surface area contributed by atoms with Crippen LogP contribution in [0.15, 0.2) is 167 Å². The van der Waals surface area contributed by atoms with E-state index in [4.69, 9.17) is 29.2 Å². The van der Waals surface area contributed by atoms with Gasteiger partial charge in [0, 0.05) is 44.9 Å². The number of aliphatic imine (C=N–C) groups is 2. The fourth-order valence-corrected chi connectivity index (χ4v) is 8.87. The van der Waals surface area contributed by atoms with Crippen molar-refractivity contribution in [2.24, 2.45) is 15.4 Å². The molecule has 6 aromatic rings. The van der Waals surface area contributed by atoms with E-state index in [1.165, 1.54) is 27.8 Å². The van der Waals surface area contributed by atoms with Gasteiger partial charge in [-0.3, -0.25) is 9.98 Å². The first-order chi connectivity index (χ1) is 30.4. The Labute approximate surface area is 363 Å². The highest BCUT2D eigenvalue weighted by molar-refractivity contribution is 6.54. The number of ether oxygens (including phenoxy) is 3. The van der Waals surface area contributed by atoms with E-state index in [-0.39, 0.29) is 24.8 Å². The number of nitrogens with one attached hydrogen (secondary N) is 1. The Morgan fingerprint density at radius 3 is 2.06 bits per heavy atom. The van der Waals surface area contributed by atoms with Crippen LogP contribution in [0.4, 0.5) is 0 Å². The fraction of sp³-hybridized carbons (Fsp3) is 0.222. The van der Waals surface area contributed by atoms with Gasteiger partial charge in [-0.1, -0.05) is 117 Å². The van der Waals surface area contributed by atoms with Gasteiger partial charge in [0.05, 0.1) is 29.9 Å². The van der Waals surface area contributed by atoms with Crippen LogP contribution in [0, 0.1) is 5.41 Å². The van der Waals surface area contributed by atoms with Crippen LogP contribution in [-0.4, -0.2) is 47.7 Å². The van der Waals surface area contributed by atoms with Gasteiger partial charge < -0.3 is 19.2 Å². The topological polar surface area (TPSA) is 98.2 Å². The average molecular weight is 819 g/mol. The number of fused-ring (bicyclic) bond motifs is 1. The van der Waals surface area contributed by atoms with Gasteiger partial charge in [-0.05, 0) is 91.8 Å². The lowest BCUT2D eigenvalue weighted by atomic mass is 9.82. The molecule has 0 spiro atoms. The number of esters is 1. The minimum atomic E-state index is -0.471. The van der Waals surface area contributed by atoms with Crippen molar-refractivity contribution in [2.45, 2.75) is 52.1 Å². The minimum absolute atomic E-state index is 0.107. The highest BCUT2D eigenvalue weighted by Crippen LogP contribution is 2.62. The second-order valence-electron chi connectivity index (χ2n) is 16.1. The molecule has 2 heterocycles. The largest absolute Gasteiger partial charge is 0.497 e. The molecule has 3 aliphatic rings. The number of carbonyl (C=O) groups excluding carboxylic acids is 1. The normalized spacial score (nSPS) is 17.7. The summed E-state index contributed by atoms with van der Waals surface area (Å²) in [5.74, 6) is 1.92. The van der Waals surface area contributed by atoms with Crippen LogP contribution >= 0.6 is 0 Å². The van der Waals surface area contributed by atoms with E-state index in [1.807, 2.05) is 54.6 Å². The van der Waals surface area contributed by atoms with Crippen molar-refractivity contribution in [1.29, 1.82) is 0 Å². The molecule has 0 saturated heterocycles. The van der Waals surface area contributed by atoms with Crippen molar-refractivity contribution in [1.82, 2.24) is 9.97 Å². The number of allylic oxidation sites excluding steroid dienone is 4. The number of benzene rings is 5. The third-order valence-electron chi connectivity index (χ3n) is 12.2. The molecular formula is C54H50N4O4. The maximum Gasteiger partial charge on any atom is 0.330 e. The van der Waals surface area contributed by atoms with Gasteiger partial charge in [0.2, 0.25) is 0 Å². The molecule has 2 unspecified atom stereocenters. The summed E-state index contributed by atoms with van der Waals surface area (Å²) in [6.45, 7) is 8.28. The molecule has 2 atom stereocenters. The lowest BCUT2D eigenvalue weighted by Gasteiger charge is -2.23. The van der Waals surface area contributed by atoms with E-state index in [0.29, 0.717) is 5.75 Å². The van der Waals surface area contributed by atoms with Crippen molar-refractivity contribution >= 4 is 23.0 Å². The first kappa shape index (κ1) is 40.4. The molecule has 62 heavy (non-hydrogen) atoms. The second-order valence-corrected chi connectivity index (χ2v) is 16.1. The number of hydrogen-bond donors (Lipinski definition) is 1. The van der Waals surface area contributed by atoms with Crippen molar-refractivity contribution in [3.8, 4) is 34.0 Å². The quantitative estimate of drug-likeness (QED) is 0.0596. The number of H-pyrrole nitrogens is 1. The highest BCUT2D eigenvalue weighted by Gasteiger charge is 2.51. The maximum atomic E-state index is 11.4. The van der Waals surface area contributed by atoms with Gasteiger partial charge in [0.1, 0.15) is 30.5 Å². The van der Waals surface area contributed by atoms with Crippen molar-refractivity contribution < 1.29 is 19.0 Å². The number of aromatic nitrogens is 2.